The van der Waals surface area contributed by atoms with Gasteiger partial charge in [0.2, 0.25) is 5.13 Å². The Morgan fingerprint density at radius 3 is 2.75 bits per heavy atom. The van der Waals surface area contributed by atoms with Crippen LogP contribution >= 0.6 is 34.7 Å². The molecular weight excluding hydrogens is 418 g/mol. The Morgan fingerprint density at radius 1 is 1.29 bits per heavy atom. The first-order valence-electron chi connectivity index (χ1n) is 8.58. The van der Waals surface area contributed by atoms with E-state index in [0.717, 1.165) is 11.4 Å². The predicted octanol–water partition coefficient (Wildman–Crippen LogP) is 4.80. The molecule has 3 rings (SSSR count). The lowest BCUT2D eigenvalue weighted by Crippen LogP contribution is -2.36. The van der Waals surface area contributed by atoms with Gasteiger partial charge in [-0.3, -0.25) is 4.79 Å². The lowest BCUT2D eigenvalue weighted by Gasteiger charge is -2.20. The van der Waals surface area contributed by atoms with E-state index in [-0.39, 0.29) is 10.6 Å². The molecule has 0 saturated heterocycles. The number of para-hydroxylation sites is 2. The average molecular weight is 438 g/mol. The Kier molecular flexibility index (Phi) is 6.26. The predicted molar refractivity (Wildman–Crippen MR) is 113 cm³/mol. The molecular formula is C18H20ClN5O2S2. The van der Waals surface area contributed by atoms with Crippen molar-refractivity contribution < 1.29 is 4.74 Å². The summed E-state index contributed by atoms with van der Waals surface area (Å²) >= 11 is 8.89. The molecule has 3 aromatic rings. The molecule has 1 aromatic carbocycles. The zero-order valence-electron chi connectivity index (χ0n) is 15.9. The second-order valence-corrected chi connectivity index (χ2v) is 9.38. The zero-order valence-corrected chi connectivity index (χ0v) is 18.3. The topological polar surface area (TPSA) is 81.9 Å². The molecule has 0 aliphatic rings. The van der Waals surface area contributed by atoms with Crippen LogP contribution in [-0.2, 0) is 5.54 Å². The summed E-state index contributed by atoms with van der Waals surface area (Å²) in [7, 11) is 0. The molecule has 0 bridgehead atoms. The van der Waals surface area contributed by atoms with Gasteiger partial charge in [-0.25, -0.2) is 4.68 Å². The Bertz CT molecular complexity index is 1030. The van der Waals surface area contributed by atoms with Crippen molar-refractivity contribution in [2.75, 3.05) is 11.9 Å². The van der Waals surface area contributed by atoms with Gasteiger partial charge < -0.3 is 10.1 Å². The van der Waals surface area contributed by atoms with E-state index in [1.165, 1.54) is 27.8 Å². The van der Waals surface area contributed by atoms with Gasteiger partial charge in [0.05, 0.1) is 28.9 Å². The highest BCUT2D eigenvalue weighted by molar-refractivity contribution is 8.01. The first-order chi connectivity index (χ1) is 13.3. The van der Waals surface area contributed by atoms with Crippen molar-refractivity contribution in [2.24, 2.45) is 0 Å². The van der Waals surface area contributed by atoms with Crippen LogP contribution in [0.1, 0.15) is 27.7 Å². The van der Waals surface area contributed by atoms with Crippen molar-refractivity contribution in [2.45, 2.75) is 42.5 Å². The van der Waals surface area contributed by atoms with Gasteiger partial charge >= 0.3 is 0 Å². The minimum absolute atomic E-state index is 0.126. The molecule has 0 atom stereocenters. The summed E-state index contributed by atoms with van der Waals surface area (Å²) in [5.41, 5.74) is 0.0368. The highest BCUT2D eigenvalue weighted by Crippen LogP contribution is 2.36. The summed E-state index contributed by atoms with van der Waals surface area (Å²) in [6.07, 6.45) is 1.58. The zero-order chi connectivity index (χ0) is 20.3. The van der Waals surface area contributed by atoms with Crippen LogP contribution in [0.25, 0.3) is 0 Å². The van der Waals surface area contributed by atoms with Crippen molar-refractivity contribution >= 4 is 45.5 Å². The van der Waals surface area contributed by atoms with Gasteiger partial charge in [-0.15, -0.1) is 10.2 Å². The number of nitrogens with zero attached hydrogens (tertiary/aromatic N) is 4. The molecule has 148 valence electrons. The van der Waals surface area contributed by atoms with Crippen LogP contribution in [0.4, 0.5) is 10.8 Å². The van der Waals surface area contributed by atoms with E-state index in [4.69, 9.17) is 16.3 Å². The van der Waals surface area contributed by atoms with Crippen molar-refractivity contribution in [3.05, 3.63) is 45.8 Å². The molecule has 28 heavy (non-hydrogen) atoms. The maximum atomic E-state index is 12.5. The lowest BCUT2D eigenvalue weighted by atomic mass is 10.1. The molecule has 0 spiro atoms. The highest BCUT2D eigenvalue weighted by atomic mass is 35.5. The van der Waals surface area contributed by atoms with E-state index in [0.29, 0.717) is 21.0 Å². The molecule has 0 fully saturated rings. The van der Waals surface area contributed by atoms with Gasteiger partial charge in [0.15, 0.2) is 4.34 Å². The standard InChI is InChI=1S/C18H20ClN5O2S2/c1-5-26-12-9-7-6-8-11(12)21-16-22-23-17(28-16)27-13-10-20-24(18(2,3)4)15(25)14(13)19/h6-10H,5H2,1-4H3,(H,21,22). The van der Waals surface area contributed by atoms with Gasteiger partial charge in [-0.1, -0.05) is 46.8 Å². The largest absolute Gasteiger partial charge is 0.492 e. The molecule has 0 amide bonds. The molecule has 0 radical (unpaired) electrons. The molecule has 0 aliphatic heterocycles. The molecule has 1 N–H and O–H groups in total. The Morgan fingerprint density at radius 2 is 2.04 bits per heavy atom. The third kappa shape index (κ3) is 4.65. The third-order valence-electron chi connectivity index (χ3n) is 3.55. The van der Waals surface area contributed by atoms with Crippen LogP contribution < -0.4 is 15.6 Å². The Labute approximate surface area is 176 Å². The number of rotatable bonds is 6. The molecule has 10 heteroatoms. The number of hydrogen-bond donors (Lipinski definition) is 1. The summed E-state index contributed by atoms with van der Waals surface area (Å²) < 4.78 is 7.62. The number of halogens is 1. The number of aromatic nitrogens is 4. The van der Waals surface area contributed by atoms with E-state index in [1.54, 1.807) is 6.20 Å². The van der Waals surface area contributed by atoms with E-state index in [9.17, 15) is 4.79 Å². The third-order valence-corrected chi connectivity index (χ3v) is 5.95. The Hall–Kier alpha value is -2.10. The van der Waals surface area contributed by atoms with Gasteiger partial charge in [-0.2, -0.15) is 5.10 Å². The minimum atomic E-state index is -0.447. The van der Waals surface area contributed by atoms with E-state index < -0.39 is 5.54 Å². The van der Waals surface area contributed by atoms with Gasteiger partial charge in [0.1, 0.15) is 10.8 Å². The average Bonchev–Trinajstić information content (AvgIpc) is 3.07. The number of ether oxygens (including phenoxy) is 1. The molecule has 7 nitrogen and oxygen atoms in total. The minimum Gasteiger partial charge on any atom is -0.492 e. The van der Waals surface area contributed by atoms with Gasteiger partial charge in [0.25, 0.3) is 5.56 Å². The Balaban J connectivity index is 1.79. The first-order valence-corrected chi connectivity index (χ1v) is 10.6. The van der Waals surface area contributed by atoms with Crippen molar-refractivity contribution in [1.82, 2.24) is 20.0 Å². The van der Waals surface area contributed by atoms with Crippen LogP contribution in [0, 0.1) is 0 Å². The summed E-state index contributed by atoms with van der Waals surface area (Å²) in [6.45, 7) is 8.19. The normalized spacial score (nSPS) is 11.5. The molecule has 2 heterocycles. The fourth-order valence-electron chi connectivity index (χ4n) is 2.33. The van der Waals surface area contributed by atoms with Crippen LogP contribution in [-0.4, -0.2) is 26.6 Å². The fourth-order valence-corrected chi connectivity index (χ4v) is 4.28. The fraction of sp³-hybridized carbons (Fsp3) is 0.333. The summed E-state index contributed by atoms with van der Waals surface area (Å²) in [5, 5.41) is 16.5. The number of nitrogens with one attached hydrogen (secondary N) is 1. The first kappa shape index (κ1) is 20.6. The number of hydrogen-bond acceptors (Lipinski definition) is 8. The quantitative estimate of drug-likeness (QED) is 0.593. The molecule has 0 aliphatic carbocycles. The summed E-state index contributed by atoms with van der Waals surface area (Å²) in [4.78, 5) is 13.0. The lowest BCUT2D eigenvalue weighted by molar-refractivity contribution is 0.336. The maximum absolute atomic E-state index is 12.5. The SMILES string of the molecule is CCOc1ccccc1Nc1nnc(Sc2cnn(C(C)(C)C)c(=O)c2Cl)s1. The van der Waals surface area contributed by atoms with Crippen LogP contribution in [0.5, 0.6) is 5.75 Å². The summed E-state index contributed by atoms with van der Waals surface area (Å²) in [5.74, 6) is 0.743. The van der Waals surface area contributed by atoms with Crippen molar-refractivity contribution in [1.29, 1.82) is 0 Å². The molecule has 2 aromatic heterocycles. The molecule has 0 saturated carbocycles. The second kappa shape index (κ2) is 8.50. The van der Waals surface area contributed by atoms with E-state index in [2.05, 4.69) is 20.6 Å². The van der Waals surface area contributed by atoms with Gasteiger partial charge in [-0.05, 0) is 39.8 Å². The highest BCUT2D eigenvalue weighted by Gasteiger charge is 2.20. The van der Waals surface area contributed by atoms with Crippen molar-refractivity contribution in [3.63, 3.8) is 0 Å². The summed E-state index contributed by atoms with van der Waals surface area (Å²) in [6, 6.07) is 7.62. The smallest absolute Gasteiger partial charge is 0.287 e. The van der Waals surface area contributed by atoms with Crippen LogP contribution in [0.3, 0.4) is 0 Å². The van der Waals surface area contributed by atoms with E-state index in [1.807, 2.05) is 52.0 Å². The van der Waals surface area contributed by atoms with Crippen LogP contribution in [0.15, 0.2) is 44.5 Å². The maximum Gasteiger partial charge on any atom is 0.287 e. The number of benzene rings is 1. The van der Waals surface area contributed by atoms with Crippen molar-refractivity contribution in [3.8, 4) is 5.75 Å². The second-order valence-electron chi connectivity index (χ2n) is 6.74. The van der Waals surface area contributed by atoms with E-state index >= 15 is 0 Å². The van der Waals surface area contributed by atoms with Gasteiger partial charge in [0, 0.05) is 0 Å². The van der Waals surface area contributed by atoms with Crippen LogP contribution in [0.2, 0.25) is 5.02 Å². The monoisotopic (exact) mass is 437 g/mol. The number of anilines is 2. The molecule has 0 unspecified atom stereocenters.